The van der Waals surface area contributed by atoms with Gasteiger partial charge in [-0.3, -0.25) is 4.57 Å². The Balaban J connectivity index is 0.00000172. The van der Waals surface area contributed by atoms with Crippen LogP contribution in [-0.2, 0) is 11.8 Å². The number of aromatic nitrogens is 2. The molecule has 0 aliphatic heterocycles. The van der Waals surface area contributed by atoms with Crippen LogP contribution in [-0.4, -0.2) is 9.55 Å². The van der Waals surface area contributed by atoms with Crippen LogP contribution in [0.2, 0.25) is 0 Å². The van der Waals surface area contributed by atoms with Gasteiger partial charge in [0.2, 0.25) is 0 Å². The molecule has 11 rings (SSSR count). The molecular weight excluding hydrogens is 641 g/mol. The van der Waals surface area contributed by atoms with E-state index in [9.17, 15) is 0 Å². The molecule has 9 aromatic rings. The third-order valence-electron chi connectivity index (χ3n) is 11.5. The number of hydrogen-bond donors (Lipinski definition) is 0. The number of aryl methyl sites for hydroxylation is 1. The molecule has 254 valence electrons. The molecule has 2 aliphatic rings. The maximum Gasteiger partial charge on any atom is 0.114 e. The number of benzene rings is 8. The second-order valence-electron chi connectivity index (χ2n) is 14.2. The first-order valence-corrected chi connectivity index (χ1v) is 19.1. The minimum Gasteiger partial charge on any atom is -0.296 e. The quantitative estimate of drug-likeness (QED) is 0.181. The standard InChI is InChI=1S/C49H34N2.C2H6/c1-2-12-48-50-46-21-9-10-22-47(46)51(48)37-16-11-15-31(26-37)34-23-24-35-28-41-40-27-32-13-3-4-14-33(32)29-44(40)49(45(41)30-36(35)25-34)42-19-7-5-17-38(42)39-18-6-8-20-43(39)49;1-2/h3-11,13-30H,2,12H2,1H3;1-2H3. The molecular formula is C51H40N2. The molecule has 0 amide bonds. The molecule has 1 spiro atoms. The number of fused-ring (bicyclic) bond motifs is 13. The number of para-hydroxylation sites is 2. The Labute approximate surface area is 311 Å². The molecule has 0 N–H and O–H groups in total. The van der Waals surface area contributed by atoms with Crippen molar-refractivity contribution >= 4 is 32.6 Å². The van der Waals surface area contributed by atoms with E-state index < -0.39 is 0 Å². The highest BCUT2D eigenvalue weighted by atomic mass is 15.1. The molecule has 2 aliphatic carbocycles. The number of nitrogens with zero attached hydrogens (tertiary/aromatic N) is 2. The normalized spacial score (nSPS) is 13.1. The molecule has 0 bridgehead atoms. The summed E-state index contributed by atoms with van der Waals surface area (Å²) < 4.78 is 2.34. The summed E-state index contributed by atoms with van der Waals surface area (Å²) in [5, 5.41) is 5.08. The van der Waals surface area contributed by atoms with Crippen molar-refractivity contribution in [3.63, 3.8) is 0 Å². The van der Waals surface area contributed by atoms with Gasteiger partial charge in [0.05, 0.1) is 16.4 Å². The van der Waals surface area contributed by atoms with Crippen molar-refractivity contribution in [3.8, 4) is 39.1 Å². The fraction of sp³-hybridized carbons (Fsp3) is 0.118. The van der Waals surface area contributed by atoms with Gasteiger partial charge >= 0.3 is 0 Å². The van der Waals surface area contributed by atoms with Crippen molar-refractivity contribution in [2.45, 2.75) is 39.0 Å². The summed E-state index contributed by atoms with van der Waals surface area (Å²) in [6.45, 7) is 6.22. The zero-order chi connectivity index (χ0) is 35.7. The molecule has 1 heterocycles. The highest BCUT2D eigenvalue weighted by Gasteiger charge is 2.51. The molecule has 53 heavy (non-hydrogen) atoms. The molecule has 8 aromatic carbocycles. The summed E-state index contributed by atoms with van der Waals surface area (Å²) in [4.78, 5) is 5.02. The van der Waals surface area contributed by atoms with Crippen LogP contribution >= 0.6 is 0 Å². The van der Waals surface area contributed by atoms with Gasteiger partial charge in [-0.25, -0.2) is 4.98 Å². The molecule has 2 heteroatoms. The van der Waals surface area contributed by atoms with Crippen LogP contribution in [0.3, 0.4) is 0 Å². The highest BCUT2D eigenvalue weighted by molar-refractivity contribution is 6.03. The van der Waals surface area contributed by atoms with Crippen molar-refractivity contribution in [3.05, 3.63) is 192 Å². The lowest BCUT2D eigenvalue weighted by Gasteiger charge is -2.30. The van der Waals surface area contributed by atoms with E-state index in [2.05, 4.69) is 175 Å². The molecule has 0 radical (unpaired) electrons. The van der Waals surface area contributed by atoms with Crippen LogP contribution in [0.15, 0.2) is 164 Å². The topological polar surface area (TPSA) is 17.8 Å². The lowest BCUT2D eigenvalue weighted by molar-refractivity contribution is 0.796. The summed E-state index contributed by atoms with van der Waals surface area (Å²) in [6, 6.07) is 61.3. The summed E-state index contributed by atoms with van der Waals surface area (Å²) in [7, 11) is 0. The highest BCUT2D eigenvalue weighted by Crippen LogP contribution is 2.63. The second-order valence-corrected chi connectivity index (χ2v) is 14.2. The van der Waals surface area contributed by atoms with E-state index in [0.717, 1.165) is 35.4 Å². The van der Waals surface area contributed by atoms with Crippen molar-refractivity contribution < 1.29 is 0 Å². The van der Waals surface area contributed by atoms with Crippen LogP contribution in [0.4, 0.5) is 0 Å². The average molecular weight is 681 g/mol. The smallest absolute Gasteiger partial charge is 0.114 e. The van der Waals surface area contributed by atoms with Gasteiger partial charge < -0.3 is 0 Å². The van der Waals surface area contributed by atoms with Gasteiger partial charge in [0.25, 0.3) is 0 Å². The predicted molar refractivity (Wildman–Crippen MR) is 223 cm³/mol. The fourth-order valence-corrected chi connectivity index (χ4v) is 9.32. The fourth-order valence-electron chi connectivity index (χ4n) is 9.32. The third-order valence-corrected chi connectivity index (χ3v) is 11.5. The predicted octanol–water partition coefficient (Wildman–Crippen LogP) is 13.3. The van der Waals surface area contributed by atoms with Gasteiger partial charge in [0, 0.05) is 12.1 Å². The van der Waals surface area contributed by atoms with E-state index in [-0.39, 0.29) is 5.41 Å². The molecule has 0 saturated carbocycles. The Morgan fingerprint density at radius 3 is 1.77 bits per heavy atom. The maximum atomic E-state index is 5.02. The molecule has 0 saturated heterocycles. The van der Waals surface area contributed by atoms with E-state index in [1.807, 2.05) is 13.8 Å². The first kappa shape index (κ1) is 31.5. The SMILES string of the molecule is CC.CCCc1nc2ccccc2n1-c1cccc(-c2ccc3cc4c(cc3c2)C2(c3ccccc3-c3ccccc32)c2cc3ccccc3cc2-4)c1. The van der Waals surface area contributed by atoms with Gasteiger partial charge in [0.15, 0.2) is 0 Å². The number of rotatable bonds is 4. The summed E-state index contributed by atoms with van der Waals surface area (Å²) in [5.41, 5.74) is 16.2. The summed E-state index contributed by atoms with van der Waals surface area (Å²) in [6.07, 6.45) is 1.99. The molecule has 0 unspecified atom stereocenters. The molecule has 2 nitrogen and oxygen atoms in total. The van der Waals surface area contributed by atoms with E-state index in [0.29, 0.717) is 0 Å². The van der Waals surface area contributed by atoms with E-state index in [1.165, 1.54) is 77.2 Å². The molecule has 0 atom stereocenters. The van der Waals surface area contributed by atoms with Crippen LogP contribution in [0, 0.1) is 0 Å². The van der Waals surface area contributed by atoms with Crippen LogP contribution in [0.1, 0.15) is 55.3 Å². The monoisotopic (exact) mass is 680 g/mol. The van der Waals surface area contributed by atoms with E-state index in [4.69, 9.17) is 4.98 Å². The first-order valence-electron chi connectivity index (χ1n) is 19.1. The minimum atomic E-state index is -0.385. The van der Waals surface area contributed by atoms with Crippen LogP contribution < -0.4 is 0 Å². The van der Waals surface area contributed by atoms with Crippen molar-refractivity contribution in [1.29, 1.82) is 0 Å². The van der Waals surface area contributed by atoms with Gasteiger partial charge in [-0.2, -0.15) is 0 Å². The molecule has 1 aromatic heterocycles. The largest absolute Gasteiger partial charge is 0.296 e. The Morgan fingerprint density at radius 1 is 0.472 bits per heavy atom. The Kier molecular flexibility index (Phi) is 7.23. The van der Waals surface area contributed by atoms with Crippen molar-refractivity contribution in [1.82, 2.24) is 9.55 Å². The lowest BCUT2D eigenvalue weighted by Crippen LogP contribution is -2.25. The van der Waals surface area contributed by atoms with Gasteiger partial charge in [-0.15, -0.1) is 0 Å². The Morgan fingerprint density at radius 2 is 1.06 bits per heavy atom. The number of hydrogen-bond acceptors (Lipinski definition) is 1. The summed E-state index contributed by atoms with van der Waals surface area (Å²) in [5.74, 6) is 1.11. The van der Waals surface area contributed by atoms with Gasteiger partial charge in [-0.1, -0.05) is 130 Å². The van der Waals surface area contributed by atoms with E-state index >= 15 is 0 Å². The van der Waals surface area contributed by atoms with Crippen molar-refractivity contribution in [2.75, 3.05) is 0 Å². The zero-order valence-corrected chi connectivity index (χ0v) is 30.4. The second kappa shape index (κ2) is 12.2. The number of imidazole rings is 1. The Bertz CT molecular complexity index is 2840. The molecule has 0 fully saturated rings. The summed E-state index contributed by atoms with van der Waals surface area (Å²) >= 11 is 0. The minimum absolute atomic E-state index is 0.385. The van der Waals surface area contributed by atoms with Gasteiger partial charge in [0.1, 0.15) is 5.82 Å². The van der Waals surface area contributed by atoms with Gasteiger partial charge in [-0.05, 0) is 138 Å². The van der Waals surface area contributed by atoms with Crippen LogP contribution in [0.5, 0.6) is 0 Å². The zero-order valence-electron chi connectivity index (χ0n) is 30.4. The van der Waals surface area contributed by atoms with E-state index in [1.54, 1.807) is 0 Å². The Hall–Kier alpha value is -6.25. The van der Waals surface area contributed by atoms with Crippen LogP contribution in [0.25, 0.3) is 71.6 Å². The first-order chi connectivity index (χ1) is 26.2. The van der Waals surface area contributed by atoms with Crippen molar-refractivity contribution in [2.24, 2.45) is 0 Å². The maximum absolute atomic E-state index is 5.02. The lowest BCUT2D eigenvalue weighted by atomic mass is 9.70. The third kappa shape index (κ3) is 4.48. The average Bonchev–Trinajstić information content (AvgIpc) is 3.83.